The minimum Gasteiger partial charge on any atom is -0.488 e. The van der Waals surface area contributed by atoms with Crippen molar-refractivity contribution in [2.75, 3.05) is 13.6 Å². The van der Waals surface area contributed by atoms with E-state index in [-0.39, 0.29) is 6.10 Å². The third-order valence-electron chi connectivity index (χ3n) is 4.04. The molecule has 110 valence electrons. The molecule has 3 rings (SSSR count). The van der Waals surface area contributed by atoms with Gasteiger partial charge in [-0.1, -0.05) is 35.9 Å². The smallest absolute Gasteiger partial charge is 0.130 e. The lowest BCUT2D eigenvalue weighted by atomic mass is 9.93. The van der Waals surface area contributed by atoms with Crippen molar-refractivity contribution in [1.82, 2.24) is 5.32 Å². The van der Waals surface area contributed by atoms with E-state index in [4.69, 9.17) is 16.3 Å². The van der Waals surface area contributed by atoms with Gasteiger partial charge < -0.3 is 10.1 Å². The summed E-state index contributed by atoms with van der Waals surface area (Å²) in [7, 11) is 1.96. The molecule has 1 atom stereocenters. The highest BCUT2D eigenvalue weighted by atomic mass is 35.5. The van der Waals surface area contributed by atoms with Crippen molar-refractivity contribution in [2.45, 2.75) is 25.9 Å². The number of fused-ring (bicyclic) bond motifs is 1. The van der Waals surface area contributed by atoms with E-state index < -0.39 is 0 Å². The quantitative estimate of drug-likeness (QED) is 0.916. The Labute approximate surface area is 131 Å². The number of para-hydroxylation sites is 1. The summed E-state index contributed by atoms with van der Waals surface area (Å²) < 4.78 is 6.25. The van der Waals surface area contributed by atoms with Crippen LogP contribution in [0.15, 0.2) is 36.4 Å². The Morgan fingerprint density at radius 1 is 1.24 bits per heavy atom. The van der Waals surface area contributed by atoms with Crippen LogP contribution >= 0.6 is 11.6 Å². The molecule has 1 aliphatic rings. The summed E-state index contributed by atoms with van der Waals surface area (Å²) in [6, 6.07) is 12.4. The third kappa shape index (κ3) is 2.92. The average Bonchev–Trinajstić information content (AvgIpc) is 2.49. The van der Waals surface area contributed by atoms with Gasteiger partial charge in [-0.3, -0.25) is 0 Å². The maximum Gasteiger partial charge on any atom is 0.130 e. The van der Waals surface area contributed by atoms with Crippen LogP contribution in [0.5, 0.6) is 5.75 Å². The Bertz CT molecular complexity index is 654. The zero-order chi connectivity index (χ0) is 14.8. The fraction of sp³-hybridized carbons (Fsp3) is 0.333. The molecule has 1 aliphatic heterocycles. The summed E-state index contributed by atoms with van der Waals surface area (Å²) in [6.45, 7) is 2.99. The van der Waals surface area contributed by atoms with E-state index in [9.17, 15) is 0 Å². The molecule has 0 bridgehead atoms. The Morgan fingerprint density at radius 2 is 2.10 bits per heavy atom. The number of hydrogen-bond donors (Lipinski definition) is 1. The molecule has 1 heterocycles. The van der Waals surface area contributed by atoms with Crippen molar-refractivity contribution in [3.8, 4) is 16.9 Å². The molecule has 3 heteroatoms. The standard InChI is InChI=1S/C18H20ClNO/c1-12-6-8-14(19)10-17(12)16-5-3-4-13-7-9-15(11-20-2)21-18(13)16/h3-6,8,10,15,20H,7,9,11H2,1-2H3. The largest absolute Gasteiger partial charge is 0.488 e. The number of rotatable bonds is 3. The molecule has 2 aromatic carbocycles. The van der Waals surface area contributed by atoms with Crippen molar-refractivity contribution >= 4 is 11.6 Å². The highest BCUT2D eigenvalue weighted by Crippen LogP contribution is 2.39. The van der Waals surface area contributed by atoms with Crippen LogP contribution in [0.2, 0.25) is 5.02 Å². The summed E-state index contributed by atoms with van der Waals surface area (Å²) in [5.41, 5.74) is 4.81. The molecule has 0 radical (unpaired) electrons. The first kappa shape index (κ1) is 14.4. The van der Waals surface area contributed by atoms with Crippen LogP contribution in [0.1, 0.15) is 17.5 Å². The molecule has 0 fully saturated rings. The molecule has 0 amide bonds. The van der Waals surface area contributed by atoms with Gasteiger partial charge in [0, 0.05) is 17.1 Å². The van der Waals surface area contributed by atoms with E-state index in [0.717, 1.165) is 41.3 Å². The van der Waals surface area contributed by atoms with E-state index in [0.29, 0.717) is 0 Å². The topological polar surface area (TPSA) is 21.3 Å². The highest BCUT2D eigenvalue weighted by molar-refractivity contribution is 6.30. The minimum absolute atomic E-state index is 0.239. The van der Waals surface area contributed by atoms with Gasteiger partial charge in [0.1, 0.15) is 11.9 Å². The maximum atomic E-state index is 6.25. The second-order valence-corrected chi connectivity index (χ2v) is 6.03. The fourth-order valence-corrected chi connectivity index (χ4v) is 3.10. The highest BCUT2D eigenvalue weighted by Gasteiger charge is 2.22. The molecule has 0 aromatic heterocycles. The van der Waals surface area contributed by atoms with Crippen LogP contribution in [0.4, 0.5) is 0 Å². The lowest BCUT2D eigenvalue weighted by Crippen LogP contribution is -2.32. The number of ether oxygens (including phenoxy) is 1. The monoisotopic (exact) mass is 301 g/mol. The molecule has 1 N–H and O–H groups in total. The lowest BCUT2D eigenvalue weighted by Gasteiger charge is -2.28. The van der Waals surface area contributed by atoms with Crippen LogP contribution in [-0.2, 0) is 6.42 Å². The fourth-order valence-electron chi connectivity index (χ4n) is 2.93. The van der Waals surface area contributed by atoms with Crippen LogP contribution < -0.4 is 10.1 Å². The lowest BCUT2D eigenvalue weighted by molar-refractivity contribution is 0.174. The Kier molecular flexibility index (Phi) is 4.18. The number of hydrogen-bond acceptors (Lipinski definition) is 2. The number of likely N-dealkylation sites (N-methyl/N-ethyl adjacent to an activating group) is 1. The van der Waals surface area contributed by atoms with E-state index >= 15 is 0 Å². The first-order valence-corrected chi connectivity index (χ1v) is 7.76. The van der Waals surface area contributed by atoms with Gasteiger partial charge in [-0.05, 0) is 55.6 Å². The van der Waals surface area contributed by atoms with Gasteiger partial charge in [0.15, 0.2) is 0 Å². The van der Waals surface area contributed by atoms with Crippen LogP contribution in [0.25, 0.3) is 11.1 Å². The zero-order valence-corrected chi connectivity index (χ0v) is 13.2. The summed E-state index contributed by atoms with van der Waals surface area (Å²) in [5, 5.41) is 3.96. The number of aryl methyl sites for hydroxylation is 2. The van der Waals surface area contributed by atoms with Gasteiger partial charge in [-0.25, -0.2) is 0 Å². The Balaban J connectivity index is 2.06. The molecular weight excluding hydrogens is 282 g/mol. The molecule has 0 spiro atoms. The van der Waals surface area contributed by atoms with Crippen molar-refractivity contribution in [2.24, 2.45) is 0 Å². The Morgan fingerprint density at radius 3 is 2.90 bits per heavy atom. The van der Waals surface area contributed by atoms with Crippen LogP contribution in [-0.4, -0.2) is 19.7 Å². The molecule has 0 saturated carbocycles. The first-order valence-electron chi connectivity index (χ1n) is 7.38. The normalized spacial score (nSPS) is 17.2. The van der Waals surface area contributed by atoms with Gasteiger partial charge >= 0.3 is 0 Å². The molecule has 1 unspecified atom stereocenters. The van der Waals surface area contributed by atoms with E-state index in [2.05, 4.69) is 36.5 Å². The molecule has 2 aromatic rings. The molecular formula is C18H20ClNO. The van der Waals surface area contributed by atoms with E-state index in [1.54, 1.807) is 0 Å². The maximum absolute atomic E-state index is 6.25. The van der Waals surface area contributed by atoms with Gasteiger partial charge in [-0.2, -0.15) is 0 Å². The van der Waals surface area contributed by atoms with Crippen molar-refractivity contribution < 1.29 is 4.74 Å². The summed E-state index contributed by atoms with van der Waals surface area (Å²) in [6.07, 6.45) is 2.36. The zero-order valence-electron chi connectivity index (χ0n) is 12.4. The Hall–Kier alpha value is -1.51. The number of halogens is 1. The number of nitrogens with one attached hydrogen (secondary N) is 1. The third-order valence-corrected chi connectivity index (χ3v) is 4.27. The molecule has 0 saturated heterocycles. The predicted molar refractivity (Wildman–Crippen MR) is 88.3 cm³/mol. The van der Waals surface area contributed by atoms with Crippen LogP contribution in [0, 0.1) is 6.92 Å². The molecule has 0 aliphatic carbocycles. The molecule has 21 heavy (non-hydrogen) atoms. The van der Waals surface area contributed by atoms with Crippen molar-refractivity contribution in [3.63, 3.8) is 0 Å². The molecule has 2 nitrogen and oxygen atoms in total. The van der Waals surface area contributed by atoms with Gasteiger partial charge in [0.2, 0.25) is 0 Å². The van der Waals surface area contributed by atoms with Crippen molar-refractivity contribution in [1.29, 1.82) is 0 Å². The SMILES string of the molecule is CNCC1CCc2cccc(-c3cc(Cl)ccc3C)c2O1. The van der Waals surface area contributed by atoms with E-state index in [1.165, 1.54) is 11.1 Å². The summed E-state index contributed by atoms with van der Waals surface area (Å²) in [5.74, 6) is 1.02. The second kappa shape index (κ2) is 6.08. The summed E-state index contributed by atoms with van der Waals surface area (Å²) in [4.78, 5) is 0. The second-order valence-electron chi connectivity index (χ2n) is 5.59. The average molecular weight is 302 g/mol. The summed E-state index contributed by atoms with van der Waals surface area (Å²) >= 11 is 6.18. The van der Waals surface area contributed by atoms with Crippen molar-refractivity contribution in [3.05, 3.63) is 52.5 Å². The van der Waals surface area contributed by atoms with E-state index in [1.807, 2.05) is 19.2 Å². The van der Waals surface area contributed by atoms with Gasteiger partial charge in [0.05, 0.1) is 0 Å². The first-order chi connectivity index (χ1) is 10.2. The van der Waals surface area contributed by atoms with Crippen LogP contribution in [0.3, 0.4) is 0 Å². The minimum atomic E-state index is 0.239. The number of benzene rings is 2. The van der Waals surface area contributed by atoms with Gasteiger partial charge in [0.25, 0.3) is 0 Å². The van der Waals surface area contributed by atoms with Gasteiger partial charge in [-0.15, -0.1) is 0 Å². The predicted octanol–water partition coefficient (Wildman–Crippen LogP) is 4.23.